The van der Waals surface area contributed by atoms with E-state index in [4.69, 9.17) is 0 Å². The van der Waals surface area contributed by atoms with E-state index < -0.39 is 5.82 Å². The molecule has 3 rings (SSSR count). The molecule has 0 spiro atoms. The van der Waals surface area contributed by atoms with E-state index in [1.54, 1.807) is 29.6 Å². The van der Waals surface area contributed by atoms with Crippen LogP contribution in [0.1, 0.15) is 35.5 Å². The Bertz CT molecular complexity index is 1050. The Balaban J connectivity index is 1.71. The minimum absolute atomic E-state index is 0.127. The number of rotatable bonds is 6. The van der Waals surface area contributed by atoms with Gasteiger partial charge in [-0.3, -0.25) is 14.5 Å². The molecule has 3 aromatic rings. The first-order valence-electron chi connectivity index (χ1n) is 8.92. The van der Waals surface area contributed by atoms with E-state index in [2.05, 4.69) is 15.5 Å². The number of hydrogen-bond donors (Lipinski definition) is 1. The lowest BCUT2D eigenvalue weighted by molar-refractivity contribution is -0.115. The highest BCUT2D eigenvalue weighted by molar-refractivity contribution is 7.14. The minimum Gasteiger partial charge on any atom is -0.274 e. The lowest BCUT2D eigenvalue weighted by Crippen LogP contribution is -2.23. The summed E-state index contributed by atoms with van der Waals surface area (Å²) in [5, 5.41) is 5.89. The third-order valence-corrected chi connectivity index (χ3v) is 4.94. The number of hydrazone groups is 1. The highest BCUT2D eigenvalue weighted by Crippen LogP contribution is 2.30. The molecule has 0 saturated heterocycles. The van der Waals surface area contributed by atoms with Crippen LogP contribution in [0.15, 0.2) is 59.0 Å². The fourth-order valence-electron chi connectivity index (χ4n) is 2.59. The van der Waals surface area contributed by atoms with E-state index in [1.807, 2.05) is 19.1 Å². The summed E-state index contributed by atoms with van der Waals surface area (Å²) in [4.78, 5) is 29.7. The van der Waals surface area contributed by atoms with Crippen molar-refractivity contribution in [2.45, 2.75) is 20.3 Å². The zero-order valence-electron chi connectivity index (χ0n) is 15.9. The number of para-hydroxylation sites is 1. The third-order valence-electron chi connectivity index (χ3n) is 4.10. The Morgan fingerprint density at radius 3 is 2.59 bits per heavy atom. The Labute approximate surface area is 171 Å². The normalized spacial score (nSPS) is 10.9. The van der Waals surface area contributed by atoms with Crippen LogP contribution in [0.4, 0.5) is 15.2 Å². The Morgan fingerprint density at radius 2 is 1.93 bits per heavy atom. The van der Waals surface area contributed by atoms with Gasteiger partial charge in [0.05, 0.1) is 17.6 Å². The van der Waals surface area contributed by atoms with Gasteiger partial charge in [0.15, 0.2) is 5.13 Å². The fraction of sp³-hybridized carbons (Fsp3) is 0.143. The van der Waals surface area contributed by atoms with Crippen molar-refractivity contribution >= 4 is 40.2 Å². The summed E-state index contributed by atoms with van der Waals surface area (Å²) in [6.45, 7) is 3.38. The van der Waals surface area contributed by atoms with Crippen LogP contribution in [0.2, 0.25) is 0 Å². The van der Waals surface area contributed by atoms with Gasteiger partial charge in [-0.05, 0) is 36.2 Å². The topological polar surface area (TPSA) is 74.7 Å². The molecular formula is C21H19FN4O2S. The molecule has 0 aliphatic heterocycles. The van der Waals surface area contributed by atoms with Crippen molar-refractivity contribution in [2.24, 2.45) is 5.10 Å². The molecule has 0 aliphatic rings. The van der Waals surface area contributed by atoms with E-state index >= 15 is 0 Å². The average molecular weight is 410 g/mol. The lowest BCUT2D eigenvalue weighted by atomic mass is 10.1. The molecule has 2 aromatic carbocycles. The maximum atomic E-state index is 14.1. The molecule has 0 saturated carbocycles. The smallest absolute Gasteiger partial charge is 0.271 e. The molecule has 1 N–H and O–H groups in total. The van der Waals surface area contributed by atoms with Crippen LogP contribution < -0.4 is 10.3 Å². The van der Waals surface area contributed by atoms with Crippen molar-refractivity contribution in [2.75, 3.05) is 4.90 Å². The lowest BCUT2D eigenvalue weighted by Gasteiger charge is -2.18. The quantitative estimate of drug-likeness (QED) is 0.487. The maximum Gasteiger partial charge on any atom is 0.271 e. The molecule has 8 heteroatoms. The predicted octanol–water partition coefficient (Wildman–Crippen LogP) is 4.29. The van der Waals surface area contributed by atoms with Gasteiger partial charge in [0, 0.05) is 17.9 Å². The van der Waals surface area contributed by atoms with Gasteiger partial charge in [0.1, 0.15) is 5.82 Å². The van der Waals surface area contributed by atoms with E-state index in [9.17, 15) is 14.0 Å². The van der Waals surface area contributed by atoms with Crippen LogP contribution in [0, 0.1) is 5.82 Å². The number of carbonyl (C=O) groups excluding carboxylic acids is 2. The second kappa shape index (κ2) is 9.20. The van der Waals surface area contributed by atoms with E-state index in [1.165, 1.54) is 41.5 Å². The molecular weight excluding hydrogens is 391 g/mol. The number of halogens is 1. The Kier molecular flexibility index (Phi) is 6.46. The number of nitrogens with one attached hydrogen (secondary N) is 1. The van der Waals surface area contributed by atoms with Crippen LogP contribution in [0.3, 0.4) is 0 Å². The fourth-order valence-corrected chi connectivity index (χ4v) is 3.42. The number of carbonyl (C=O) groups is 2. The summed E-state index contributed by atoms with van der Waals surface area (Å²) in [6.07, 6.45) is 2.27. The van der Waals surface area contributed by atoms with Crippen molar-refractivity contribution in [3.8, 4) is 0 Å². The van der Waals surface area contributed by atoms with Gasteiger partial charge in [-0.1, -0.05) is 31.2 Å². The second-order valence-electron chi connectivity index (χ2n) is 6.11. The van der Waals surface area contributed by atoms with E-state index in [-0.39, 0.29) is 17.5 Å². The number of thiazole rings is 1. The number of amides is 2. The molecule has 0 unspecified atom stereocenters. The third kappa shape index (κ3) is 4.91. The van der Waals surface area contributed by atoms with Gasteiger partial charge in [0.2, 0.25) is 5.91 Å². The van der Waals surface area contributed by atoms with Crippen molar-refractivity contribution in [3.63, 3.8) is 0 Å². The van der Waals surface area contributed by atoms with Crippen LogP contribution in [-0.4, -0.2) is 23.0 Å². The Hall–Kier alpha value is -3.39. The summed E-state index contributed by atoms with van der Waals surface area (Å²) in [5.74, 6) is -1.22. The number of benzene rings is 2. The summed E-state index contributed by atoms with van der Waals surface area (Å²) in [7, 11) is 0. The first-order chi connectivity index (χ1) is 14.0. The monoisotopic (exact) mass is 410 g/mol. The van der Waals surface area contributed by atoms with Crippen LogP contribution in [0.5, 0.6) is 0 Å². The van der Waals surface area contributed by atoms with Gasteiger partial charge in [-0.15, -0.1) is 11.3 Å². The van der Waals surface area contributed by atoms with E-state index in [0.717, 1.165) is 12.0 Å². The Morgan fingerprint density at radius 1 is 1.21 bits per heavy atom. The largest absolute Gasteiger partial charge is 0.274 e. The van der Waals surface area contributed by atoms with Crippen LogP contribution in [-0.2, 0) is 11.2 Å². The van der Waals surface area contributed by atoms with E-state index in [0.29, 0.717) is 16.4 Å². The maximum absolute atomic E-state index is 14.1. The number of hydrogen-bond acceptors (Lipinski definition) is 5. The number of aromatic nitrogens is 1. The van der Waals surface area contributed by atoms with Gasteiger partial charge in [-0.2, -0.15) is 5.10 Å². The van der Waals surface area contributed by atoms with Gasteiger partial charge in [0.25, 0.3) is 5.91 Å². The molecule has 148 valence electrons. The average Bonchev–Trinajstić information content (AvgIpc) is 3.17. The molecule has 29 heavy (non-hydrogen) atoms. The highest BCUT2D eigenvalue weighted by Gasteiger charge is 2.20. The zero-order valence-corrected chi connectivity index (χ0v) is 16.7. The van der Waals surface area contributed by atoms with Gasteiger partial charge >= 0.3 is 0 Å². The molecule has 0 radical (unpaired) electrons. The summed E-state index contributed by atoms with van der Waals surface area (Å²) < 4.78 is 14.1. The minimum atomic E-state index is -0.519. The molecule has 1 aromatic heterocycles. The SMILES string of the molecule is CCc1ccc(C(=O)N/N=C\c2csc(N(C(C)=O)c3ccccc3F)n2)cc1. The summed E-state index contributed by atoms with van der Waals surface area (Å²) in [6, 6.07) is 13.3. The predicted molar refractivity (Wildman–Crippen MR) is 112 cm³/mol. The van der Waals surface area contributed by atoms with Crippen molar-refractivity contribution in [1.29, 1.82) is 0 Å². The summed E-state index contributed by atoms with van der Waals surface area (Å²) in [5.41, 5.74) is 4.65. The molecule has 6 nitrogen and oxygen atoms in total. The molecule has 1 heterocycles. The second-order valence-corrected chi connectivity index (χ2v) is 6.95. The molecule has 0 bridgehead atoms. The standard InChI is InChI=1S/C21H19FN4O2S/c1-3-15-8-10-16(11-9-15)20(28)25-23-12-17-13-29-21(24-17)26(14(2)27)19-7-5-4-6-18(19)22/h4-13H,3H2,1-2H3,(H,25,28)/b23-12-. The molecule has 0 atom stereocenters. The molecule has 0 fully saturated rings. The highest BCUT2D eigenvalue weighted by atomic mass is 32.1. The van der Waals surface area contributed by atoms with Crippen LogP contribution in [0.25, 0.3) is 0 Å². The zero-order chi connectivity index (χ0) is 20.8. The number of anilines is 2. The summed E-state index contributed by atoms with van der Waals surface area (Å²) >= 11 is 1.17. The first-order valence-corrected chi connectivity index (χ1v) is 9.80. The number of nitrogens with zero attached hydrogens (tertiary/aromatic N) is 3. The van der Waals surface area contributed by atoms with Gasteiger partial charge in [-0.25, -0.2) is 14.8 Å². The first kappa shape index (κ1) is 20.3. The number of aryl methyl sites for hydroxylation is 1. The molecule has 0 aliphatic carbocycles. The molecule has 2 amide bonds. The van der Waals surface area contributed by atoms with Crippen molar-refractivity contribution < 1.29 is 14.0 Å². The van der Waals surface area contributed by atoms with Crippen molar-refractivity contribution in [3.05, 3.63) is 76.5 Å². The van der Waals surface area contributed by atoms with Gasteiger partial charge < -0.3 is 0 Å². The van der Waals surface area contributed by atoms with Crippen LogP contribution >= 0.6 is 11.3 Å². The van der Waals surface area contributed by atoms with Crippen molar-refractivity contribution in [1.82, 2.24) is 10.4 Å².